The van der Waals surface area contributed by atoms with E-state index in [1.807, 2.05) is 19.2 Å². The molecule has 120 valence electrons. The quantitative estimate of drug-likeness (QED) is 0.452. The van der Waals surface area contributed by atoms with Crippen LogP contribution in [-0.4, -0.2) is 26.0 Å². The van der Waals surface area contributed by atoms with Gasteiger partial charge >= 0.3 is 0 Å². The molecule has 1 rings (SSSR count). The summed E-state index contributed by atoms with van der Waals surface area (Å²) in [5.74, 6) is 0.906. The van der Waals surface area contributed by atoms with Crippen LogP contribution in [0.5, 0.6) is 0 Å². The molecule has 1 aliphatic rings. The molecule has 3 heteroatoms. The van der Waals surface area contributed by atoms with Gasteiger partial charge in [0.2, 0.25) is 5.91 Å². The molecule has 0 unspecified atom stereocenters. The molecule has 1 aliphatic heterocycles. The third-order valence-corrected chi connectivity index (χ3v) is 4.68. The molecular weight excluding hydrogens is 260 g/mol. The van der Waals surface area contributed by atoms with E-state index in [0.717, 1.165) is 32.4 Å². The Bertz CT molecular complexity index is 328. The summed E-state index contributed by atoms with van der Waals surface area (Å²) >= 11 is 0. The fourth-order valence-corrected chi connectivity index (χ4v) is 3.40. The predicted molar refractivity (Wildman–Crippen MR) is 90.2 cm³/mol. The van der Waals surface area contributed by atoms with Crippen molar-refractivity contribution >= 4 is 5.91 Å². The summed E-state index contributed by atoms with van der Waals surface area (Å²) in [5, 5.41) is 6.31. The number of nitrogens with one attached hydrogen (secondary N) is 2. The van der Waals surface area contributed by atoms with Crippen molar-refractivity contribution in [1.82, 2.24) is 10.6 Å². The lowest BCUT2D eigenvalue weighted by Gasteiger charge is -2.37. The molecule has 0 radical (unpaired) electrons. The van der Waals surface area contributed by atoms with Crippen LogP contribution in [0.15, 0.2) is 25.3 Å². The van der Waals surface area contributed by atoms with E-state index in [0.29, 0.717) is 12.3 Å². The third-order valence-electron chi connectivity index (χ3n) is 4.68. The maximum atomic E-state index is 11.4. The average molecular weight is 292 g/mol. The van der Waals surface area contributed by atoms with Crippen LogP contribution in [-0.2, 0) is 4.79 Å². The van der Waals surface area contributed by atoms with Gasteiger partial charge in [0.1, 0.15) is 0 Å². The molecule has 0 bridgehead atoms. The first-order valence-corrected chi connectivity index (χ1v) is 8.29. The van der Waals surface area contributed by atoms with Gasteiger partial charge in [0.25, 0.3) is 0 Å². The van der Waals surface area contributed by atoms with Crippen molar-refractivity contribution in [2.75, 3.05) is 20.1 Å². The summed E-state index contributed by atoms with van der Waals surface area (Å²) in [4.78, 5) is 11.4. The molecule has 0 aromatic rings. The van der Waals surface area contributed by atoms with E-state index in [4.69, 9.17) is 0 Å². The second kappa shape index (κ2) is 9.78. The molecular formula is C18H32N2O. The van der Waals surface area contributed by atoms with Crippen LogP contribution in [0.25, 0.3) is 0 Å². The summed E-state index contributed by atoms with van der Waals surface area (Å²) in [6.07, 6.45) is 12.8. The molecule has 0 aromatic heterocycles. The van der Waals surface area contributed by atoms with E-state index in [2.05, 4.69) is 23.8 Å². The molecule has 1 fully saturated rings. The van der Waals surface area contributed by atoms with Crippen molar-refractivity contribution in [2.45, 2.75) is 51.4 Å². The van der Waals surface area contributed by atoms with Crippen LogP contribution in [0, 0.1) is 11.3 Å². The Labute approximate surface area is 130 Å². The molecule has 2 N–H and O–H groups in total. The minimum absolute atomic E-state index is 0.203. The Morgan fingerprint density at radius 2 is 2.19 bits per heavy atom. The van der Waals surface area contributed by atoms with Gasteiger partial charge in [0, 0.05) is 13.0 Å². The zero-order valence-corrected chi connectivity index (χ0v) is 13.6. The fourth-order valence-electron chi connectivity index (χ4n) is 3.40. The van der Waals surface area contributed by atoms with Crippen molar-refractivity contribution in [2.24, 2.45) is 11.3 Å². The molecule has 1 saturated heterocycles. The van der Waals surface area contributed by atoms with Crippen LogP contribution >= 0.6 is 0 Å². The predicted octanol–water partition coefficient (Wildman–Crippen LogP) is 3.43. The van der Waals surface area contributed by atoms with E-state index in [1.54, 1.807) is 0 Å². The molecule has 1 amide bonds. The standard InChI is InChI=1S/C18H32N2O/c1-4-8-16(14-19-3)9-6-7-12-18(11-5-2)13-10-17(21)20-15-18/h4-5,16,19H,1-2,6-15H2,3H3,(H,20,21)/t16-,18+/m1/s1. The van der Waals surface area contributed by atoms with Gasteiger partial charge in [-0.1, -0.05) is 25.0 Å². The second-order valence-corrected chi connectivity index (χ2v) is 6.46. The normalized spacial score (nSPS) is 23.4. The second-order valence-electron chi connectivity index (χ2n) is 6.46. The SMILES string of the molecule is C=CC[C@H](CCCC[C@@]1(CC=C)CCC(=O)NC1)CNC. The van der Waals surface area contributed by atoms with Gasteiger partial charge in [-0.05, 0) is 57.0 Å². The molecule has 1 heterocycles. The first-order chi connectivity index (χ1) is 10.2. The fraction of sp³-hybridized carbons (Fsp3) is 0.722. The van der Waals surface area contributed by atoms with Gasteiger partial charge in [0.05, 0.1) is 0 Å². The Hall–Kier alpha value is -1.09. The maximum Gasteiger partial charge on any atom is 0.220 e. The Morgan fingerprint density at radius 3 is 2.76 bits per heavy atom. The van der Waals surface area contributed by atoms with Crippen molar-refractivity contribution in [3.8, 4) is 0 Å². The van der Waals surface area contributed by atoms with Crippen LogP contribution in [0.1, 0.15) is 51.4 Å². The number of carbonyl (C=O) groups excluding carboxylic acids is 1. The minimum atomic E-state index is 0.203. The van der Waals surface area contributed by atoms with E-state index in [-0.39, 0.29) is 11.3 Å². The van der Waals surface area contributed by atoms with Crippen LogP contribution in [0.2, 0.25) is 0 Å². The van der Waals surface area contributed by atoms with Crippen molar-refractivity contribution < 1.29 is 4.79 Å². The average Bonchev–Trinajstić information content (AvgIpc) is 2.47. The van der Waals surface area contributed by atoms with E-state index >= 15 is 0 Å². The molecule has 0 aromatic carbocycles. The molecule has 2 atom stereocenters. The van der Waals surface area contributed by atoms with Gasteiger partial charge < -0.3 is 10.6 Å². The molecule has 0 spiro atoms. The Kier molecular flexibility index (Phi) is 8.36. The highest BCUT2D eigenvalue weighted by Crippen LogP contribution is 2.36. The van der Waals surface area contributed by atoms with E-state index in [1.165, 1.54) is 25.7 Å². The first-order valence-electron chi connectivity index (χ1n) is 8.29. The van der Waals surface area contributed by atoms with Crippen LogP contribution in [0.4, 0.5) is 0 Å². The smallest absolute Gasteiger partial charge is 0.220 e. The van der Waals surface area contributed by atoms with Crippen LogP contribution in [0.3, 0.4) is 0 Å². The summed E-state index contributed by atoms with van der Waals surface area (Å²) < 4.78 is 0. The highest BCUT2D eigenvalue weighted by atomic mass is 16.1. The van der Waals surface area contributed by atoms with E-state index < -0.39 is 0 Å². The zero-order valence-electron chi connectivity index (χ0n) is 13.6. The number of amides is 1. The van der Waals surface area contributed by atoms with Gasteiger partial charge in [0.15, 0.2) is 0 Å². The lowest BCUT2D eigenvalue weighted by molar-refractivity contribution is -0.124. The van der Waals surface area contributed by atoms with Gasteiger partial charge in [-0.15, -0.1) is 13.2 Å². The van der Waals surface area contributed by atoms with E-state index in [9.17, 15) is 4.79 Å². The van der Waals surface area contributed by atoms with Crippen molar-refractivity contribution in [1.29, 1.82) is 0 Å². The van der Waals surface area contributed by atoms with Gasteiger partial charge in [-0.3, -0.25) is 4.79 Å². The summed E-state index contributed by atoms with van der Waals surface area (Å²) in [7, 11) is 2.01. The maximum absolute atomic E-state index is 11.4. The molecule has 3 nitrogen and oxygen atoms in total. The topological polar surface area (TPSA) is 41.1 Å². The minimum Gasteiger partial charge on any atom is -0.356 e. The zero-order chi connectivity index (χ0) is 15.6. The summed E-state index contributed by atoms with van der Waals surface area (Å²) in [6, 6.07) is 0. The highest BCUT2D eigenvalue weighted by Gasteiger charge is 2.32. The number of unbranched alkanes of at least 4 members (excludes halogenated alkanes) is 1. The highest BCUT2D eigenvalue weighted by molar-refractivity contribution is 5.76. The molecule has 21 heavy (non-hydrogen) atoms. The van der Waals surface area contributed by atoms with Gasteiger partial charge in [-0.25, -0.2) is 0 Å². The van der Waals surface area contributed by atoms with Crippen LogP contribution < -0.4 is 10.6 Å². The van der Waals surface area contributed by atoms with Crippen molar-refractivity contribution in [3.05, 3.63) is 25.3 Å². The number of hydrogen-bond acceptors (Lipinski definition) is 2. The van der Waals surface area contributed by atoms with Gasteiger partial charge in [-0.2, -0.15) is 0 Å². The lowest BCUT2D eigenvalue weighted by atomic mass is 9.73. The monoisotopic (exact) mass is 292 g/mol. The molecule has 0 aliphatic carbocycles. The largest absolute Gasteiger partial charge is 0.356 e. The summed E-state index contributed by atoms with van der Waals surface area (Å²) in [5.41, 5.74) is 0.257. The van der Waals surface area contributed by atoms with Crippen molar-refractivity contribution in [3.63, 3.8) is 0 Å². The lowest BCUT2D eigenvalue weighted by Crippen LogP contribution is -2.43. The third kappa shape index (κ3) is 6.47. The molecule has 0 saturated carbocycles. The number of rotatable bonds is 11. The number of piperidine rings is 1. The number of hydrogen-bond donors (Lipinski definition) is 2. The number of carbonyl (C=O) groups is 1. The Balaban J connectivity index is 2.34. The Morgan fingerprint density at radius 1 is 1.38 bits per heavy atom. The summed E-state index contributed by atoms with van der Waals surface area (Å²) in [6.45, 7) is 9.63. The first kappa shape index (κ1) is 18.0. The number of allylic oxidation sites excluding steroid dienone is 2.